The Morgan fingerprint density at radius 3 is 2.73 bits per heavy atom. The van der Waals surface area contributed by atoms with Crippen molar-refractivity contribution < 1.29 is 19.5 Å². The molecule has 0 aliphatic carbocycles. The molecule has 0 aromatic heterocycles. The average Bonchev–Trinajstić information content (AvgIpc) is 3.59. The topological polar surface area (TPSA) is 102 Å². The fraction of sp³-hybridized carbons (Fsp3) is 0.536. The molecule has 2 aliphatic heterocycles. The Morgan fingerprint density at radius 1 is 1.16 bits per heavy atom. The van der Waals surface area contributed by atoms with Crippen LogP contribution in [0.4, 0.5) is 0 Å². The number of carbonyl (C=O) groups excluding carboxylic acids is 2. The van der Waals surface area contributed by atoms with Crippen molar-refractivity contribution in [1.29, 1.82) is 0 Å². The fourth-order valence-corrected chi connectivity index (χ4v) is 5.97. The minimum Gasteiger partial charge on any atom is -0.480 e. The molecule has 2 aliphatic rings. The lowest BCUT2D eigenvalue weighted by Gasteiger charge is -2.32. The highest BCUT2D eigenvalue weighted by Crippen LogP contribution is 2.24. The van der Waals surface area contributed by atoms with E-state index in [1.807, 2.05) is 29.4 Å². The van der Waals surface area contributed by atoms with Crippen molar-refractivity contribution in [3.8, 4) is 0 Å². The Labute approximate surface area is 223 Å². The Kier molecular flexibility index (Phi) is 9.82. The smallest absolute Gasteiger partial charge is 0.326 e. The monoisotopic (exact) mass is 526 g/mol. The van der Waals surface area contributed by atoms with E-state index in [1.165, 1.54) is 0 Å². The maximum Gasteiger partial charge on any atom is 0.326 e. The number of hydrogen-bond donors (Lipinski definition) is 3. The van der Waals surface area contributed by atoms with Crippen molar-refractivity contribution in [1.82, 2.24) is 20.4 Å². The second kappa shape index (κ2) is 13.3. The van der Waals surface area contributed by atoms with Gasteiger partial charge in [0.1, 0.15) is 6.04 Å². The van der Waals surface area contributed by atoms with Crippen LogP contribution in [0.1, 0.15) is 37.7 Å². The largest absolute Gasteiger partial charge is 0.480 e. The molecule has 0 radical (unpaired) electrons. The highest BCUT2D eigenvalue weighted by molar-refractivity contribution is 7.98. The van der Waals surface area contributed by atoms with Gasteiger partial charge in [-0.25, -0.2) is 4.79 Å². The molecule has 2 fully saturated rings. The highest BCUT2D eigenvalue weighted by Gasteiger charge is 2.35. The van der Waals surface area contributed by atoms with Gasteiger partial charge in [0.25, 0.3) is 0 Å². The number of likely N-dealkylation sites (tertiary alicyclic amines) is 1. The van der Waals surface area contributed by atoms with Crippen molar-refractivity contribution in [3.63, 3.8) is 0 Å². The number of rotatable bonds is 12. The molecule has 2 amide bonds. The van der Waals surface area contributed by atoms with Gasteiger partial charge < -0.3 is 20.6 Å². The molecule has 2 saturated heterocycles. The number of carbonyl (C=O) groups is 3. The van der Waals surface area contributed by atoms with Gasteiger partial charge in [-0.3, -0.25) is 14.5 Å². The van der Waals surface area contributed by atoms with E-state index in [1.54, 1.807) is 11.8 Å². The molecule has 3 N–H and O–H groups in total. The van der Waals surface area contributed by atoms with Gasteiger partial charge in [0.2, 0.25) is 11.8 Å². The molecule has 2 aromatic carbocycles. The van der Waals surface area contributed by atoms with Crippen molar-refractivity contribution >= 4 is 40.3 Å². The number of benzene rings is 2. The van der Waals surface area contributed by atoms with Crippen LogP contribution in [0.5, 0.6) is 0 Å². The Bertz CT molecular complexity index is 1090. The SMILES string of the molecule is CSCCC(NC(=O)CN(Cc1cccc2ccccc12)C[C@@H]1CCCN1C(=O)[C@@H]1CCCN1)C(=O)O. The molecule has 1 unspecified atom stereocenters. The molecule has 2 heterocycles. The summed E-state index contributed by atoms with van der Waals surface area (Å²) in [5, 5.41) is 17.9. The summed E-state index contributed by atoms with van der Waals surface area (Å²) in [6.07, 6.45) is 6.04. The summed E-state index contributed by atoms with van der Waals surface area (Å²) in [4.78, 5) is 42.1. The number of amides is 2. The van der Waals surface area contributed by atoms with Gasteiger partial charge in [0, 0.05) is 25.7 Å². The second-order valence-corrected chi connectivity index (χ2v) is 11.0. The van der Waals surface area contributed by atoms with E-state index in [4.69, 9.17) is 0 Å². The minimum atomic E-state index is -1.01. The summed E-state index contributed by atoms with van der Waals surface area (Å²) in [7, 11) is 0. The van der Waals surface area contributed by atoms with E-state index < -0.39 is 12.0 Å². The van der Waals surface area contributed by atoms with Crippen LogP contribution in [-0.4, -0.2) is 89.0 Å². The molecule has 0 bridgehead atoms. The number of carboxylic acid groups (broad SMARTS) is 1. The lowest BCUT2D eigenvalue weighted by atomic mass is 10.0. The number of fused-ring (bicyclic) bond motifs is 1. The van der Waals surface area contributed by atoms with Crippen LogP contribution in [0.2, 0.25) is 0 Å². The summed E-state index contributed by atoms with van der Waals surface area (Å²) < 4.78 is 0. The van der Waals surface area contributed by atoms with Crippen LogP contribution in [0.25, 0.3) is 10.8 Å². The molecule has 0 saturated carbocycles. The van der Waals surface area contributed by atoms with Crippen molar-refractivity contribution in [3.05, 3.63) is 48.0 Å². The van der Waals surface area contributed by atoms with Crippen LogP contribution in [0, 0.1) is 0 Å². The Morgan fingerprint density at radius 2 is 1.97 bits per heavy atom. The first-order valence-electron chi connectivity index (χ1n) is 13.2. The van der Waals surface area contributed by atoms with Gasteiger partial charge >= 0.3 is 5.97 Å². The second-order valence-electron chi connectivity index (χ2n) is 10.0. The fourth-order valence-electron chi connectivity index (χ4n) is 5.50. The zero-order valence-electron chi connectivity index (χ0n) is 21.5. The van der Waals surface area contributed by atoms with E-state index in [9.17, 15) is 19.5 Å². The number of hydrogen-bond acceptors (Lipinski definition) is 6. The third kappa shape index (κ3) is 7.24. The quantitative estimate of drug-likeness (QED) is 0.391. The van der Waals surface area contributed by atoms with Crippen LogP contribution in [0.3, 0.4) is 0 Å². The molecule has 4 rings (SSSR count). The van der Waals surface area contributed by atoms with Crippen LogP contribution in [-0.2, 0) is 20.9 Å². The first-order chi connectivity index (χ1) is 18.0. The Hall–Kier alpha value is -2.62. The molecule has 2 aromatic rings. The molecule has 3 atom stereocenters. The third-order valence-corrected chi connectivity index (χ3v) is 8.02. The Balaban J connectivity index is 1.51. The molecule has 8 nitrogen and oxygen atoms in total. The van der Waals surface area contributed by atoms with E-state index >= 15 is 0 Å². The van der Waals surface area contributed by atoms with E-state index in [0.29, 0.717) is 25.3 Å². The third-order valence-electron chi connectivity index (χ3n) is 7.37. The highest BCUT2D eigenvalue weighted by atomic mass is 32.2. The van der Waals surface area contributed by atoms with Gasteiger partial charge in [-0.05, 0) is 67.0 Å². The summed E-state index contributed by atoms with van der Waals surface area (Å²) in [5.74, 6) is -0.495. The first kappa shape index (κ1) is 27.4. The number of thioether (sulfide) groups is 1. The van der Waals surface area contributed by atoms with Crippen molar-refractivity contribution in [2.75, 3.05) is 38.2 Å². The van der Waals surface area contributed by atoms with Crippen molar-refractivity contribution in [2.45, 2.75) is 56.8 Å². The lowest BCUT2D eigenvalue weighted by Crippen LogP contribution is -2.51. The number of carboxylic acids is 1. The number of nitrogens with one attached hydrogen (secondary N) is 2. The lowest BCUT2D eigenvalue weighted by molar-refractivity contribution is -0.142. The summed E-state index contributed by atoms with van der Waals surface area (Å²) in [5.41, 5.74) is 1.11. The van der Waals surface area contributed by atoms with Gasteiger partial charge in [0.05, 0.1) is 12.6 Å². The van der Waals surface area contributed by atoms with E-state index in [2.05, 4.69) is 39.8 Å². The zero-order valence-corrected chi connectivity index (χ0v) is 22.3. The average molecular weight is 527 g/mol. The van der Waals surface area contributed by atoms with Gasteiger partial charge in [0.15, 0.2) is 0 Å². The molecule has 200 valence electrons. The number of nitrogens with zero attached hydrogens (tertiary/aromatic N) is 2. The molecule has 0 spiro atoms. The van der Waals surface area contributed by atoms with Crippen LogP contribution in [0.15, 0.2) is 42.5 Å². The summed E-state index contributed by atoms with van der Waals surface area (Å²) in [6.45, 7) is 2.80. The van der Waals surface area contributed by atoms with E-state index in [0.717, 1.165) is 55.1 Å². The summed E-state index contributed by atoms with van der Waals surface area (Å²) >= 11 is 1.56. The predicted molar refractivity (Wildman–Crippen MR) is 148 cm³/mol. The minimum absolute atomic E-state index is 0.0319. The first-order valence-corrected chi connectivity index (χ1v) is 14.6. The molecular formula is C28H38N4O4S. The standard InChI is InChI=1S/C28H38N4O4S/c1-37-16-13-25(28(35)36)30-26(33)19-31(17-21-9-4-8-20-7-2-3-11-23(20)21)18-22-10-6-15-32(22)27(34)24-12-5-14-29-24/h2-4,7-9,11,22,24-25,29H,5-6,10,12-19H2,1H3,(H,30,33)(H,35,36)/t22-,24-,25?/m0/s1. The maximum atomic E-state index is 13.2. The zero-order chi connectivity index (χ0) is 26.2. The van der Waals surface area contributed by atoms with Gasteiger partial charge in [-0.2, -0.15) is 11.8 Å². The molecule has 9 heteroatoms. The van der Waals surface area contributed by atoms with Crippen LogP contribution >= 0.6 is 11.8 Å². The normalized spacial score (nSPS) is 20.4. The van der Waals surface area contributed by atoms with Gasteiger partial charge in [-0.1, -0.05) is 42.5 Å². The van der Waals surface area contributed by atoms with Gasteiger partial charge in [-0.15, -0.1) is 0 Å². The van der Waals surface area contributed by atoms with Crippen LogP contribution < -0.4 is 10.6 Å². The maximum absolute atomic E-state index is 13.2. The number of aliphatic carboxylic acids is 1. The predicted octanol–water partition coefficient (Wildman–Crippen LogP) is 2.71. The van der Waals surface area contributed by atoms with Crippen molar-refractivity contribution in [2.24, 2.45) is 0 Å². The van der Waals surface area contributed by atoms with E-state index in [-0.39, 0.29) is 30.4 Å². The summed E-state index contributed by atoms with van der Waals surface area (Å²) in [6, 6.07) is 13.4. The molecular weight excluding hydrogens is 488 g/mol. The molecule has 37 heavy (non-hydrogen) atoms.